The number of nitrogens with one attached hydrogen (secondary N) is 1. The summed E-state index contributed by atoms with van der Waals surface area (Å²) in [6, 6.07) is 7.27. The largest absolute Gasteiger partial charge is 0.508 e. The molecule has 0 aliphatic rings. The molecule has 2 aromatic rings. The van der Waals surface area contributed by atoms with E-state index >= 15 is 0 Å². The molecular weight excluding hydrogens is 238 g/mol. The van der Waals surface area contributed by atoms with Crippen LogP contribution < -0.4 is 11.1 Å². The third kappa shape index (κ3) is 3.58. The van der Waals surface area contributed by atoms with Crippen LogP contribution in [0.15, 0.2) is 30.5 Å². The lowest BCUT2D eigenvalue weighted by atomic mass is 10.1. The van der Waals surface area contributed by atoms with E-state index < -0.39 is 0 Å². The Hall–Kier alpha value is -1.81. The fraction of sp³-hybridized carbons (Fsp3) is 0.400. The van der Waals surface area contributed by atoms with Gasteiger partial charge in [0.05, 0.1) is 0 Å². The van der Waals surface area contributed by atoms with E-state index in [2.05, 4.69) is 17.2 Å². The van der Waals surface area contributed by atoms with Gasteiger partial charge in [-0.15, -0.1) is 0 Å². The molecule has 0 saturated heterocycles. The first kappa shape index (κ1) is 13.6. The number of benzene rings is 1. The lowest BCUT2D eigenvalue weighted by Gasteiger charge is -2.11. The first-order valence-corrected chi connectivity index (χ1v) is 6.72. The van der Waals surface area contributed by atoms with Gasteiger partial charge in [-0.25, -0.2) is 4.98 Å². The van der Waals surface area contributed by atoms with Crippen molar-refractivity contribution in [3.63, 3.8) is 0 Å². The van der Waals surface area contributed by atoms with E-state index in [0.717, 1.165) is 42.5 Å². The lowest BCUT2D eigenvalue weighted by molar-refractivity contribution is 0.476. The van der Waals surface area contributed by atoms with Gasteiger partial charge in [-0.05, 0) is 48.9 Å². The van der Waals surface area contributed by atoms with Crippen LogP contribution in [-0.2, 0) is 0 Å². The van der Waals surface area contributed by atoms with Crippen molar-refractivity contribution >= 4 is 16.6 Å². The minimum absolute atomic E-state index is 0.264. The molecule has 19 heavy (non-hydrogen) atoms. The second-order valence-corrected chi connectivity index (χ2v) is 4.97. The fourth-order valence-electron chi connectivity index (χ4n) is 2.07. The average Bonchev–Trinajstić information content (AvgIpc) is 2.43. The van der Waals surface area contributed by atoms with Gasteiger partial charge in [0, 0.05) is 18.1 Å². The van der Waals surface area contributed by atoms with E-state index in [9.17, 15) is 5.11 Å². The van der Waals surface area contributed by atoms with E-state index in [1.807, 2.05) is 12.1 Å². The van der Waals surface area contributed by atoms with Gasteiger partial charge in [-0.3, -0.25) is 0 Å². The normalized spacial score (nSPS) is 12.5. The highest BCUT2D eigenvalue weighted by atomic mass is 16.3. The van der Waals surface area contributed by atoms with Crippen LogP contribution in [0.2, 0.25) is 0 Å². The maximum Gasteiger partial charge on any atom is 0.133 e. The topological polar surface area (TPSA) is 71.2 Å². The number of hydrogen-bond acceptors (Lipinski definition) is 4. The summed E-state index contributed by atoms with van der Waals surface area (Å²) in [6.07, 6.45) is 3.96. The summed E-state index contributed by atoms with van der Waals surface area (Å²) in [7, 11) is 0. The second-order valence-electron chi connectivity index (χ2n) is 4.97. The molecule has 1 heterocycles. The molecule has 102 valence electrons. The number of anilines is 1. The smallest absolute Gasteiger partial charge is 0.133 e. The minimum atomic E-state index is 0.264. The van der Waals surface area contributed by atoms with Crippen LogP contribution >= 0.6 is 0 Å². The molecule has 0 saturated carbocycles. The molecule has 4 nitrogen and oxygen atoms in total. The predicted octanol–water partition coefficient (Wildman–Crippen LogP) is 2.73. The number of hydrogen-bond donors (Lipinski definition) is 3. The van der Waals surface area contributed by atoms with Crippen LogP contribution in [0.1, 0.15) is 19.8 Å². The summed E-state index contributed by atoms with van der Waals surface area (Å²) >= 11 is 0. The molecule has 1 unspecified atom stereocenters. The molecule has 0 bridgehead atoms. The number of phenols is 1. The molecule has 1 atom stereocenters. The third-order valence-corrected chi connectivity index (χ3v) is 3.32. The van der Waals surface area contributed by atoms with Crippen molar-refractivity contribution in [2.45, 2.75) is 19.8 Å². The Kier molecular flexibility index (Phi) is 4.58. The lowest BCUT2D eigenvalue weighted by Crippen LogP contribution is -2.12. The zero-order valence-corrected chi connectivity index (χ0v) is 11.3. The molecule has 2 rings (SSSR count). The minimum Gasteiger partial charge on any atom is -0.508 e. The molecule has 0 aliphatic heterocycles. The van der Waals surface area contributed by atoms with Crippen LogP contribution in [0.3, 0.4) is 0 Å². The summed E-state index contributed by atoms with van der Waals surface area (Å²) in [5.41, 5.74) is 5.60. The zero-order valence-electron chi connectivity index (χ0n) is 11.3. The number of aromatic hydroxyl groups is 1. The molecular formula is C15H21N3O. The van der Waals surface area contributed by atoms with Crippen LogP contribution in [0.4, 0.5) is 5.82 Å². The quantitative estimate of drug-likeness (QED) is 0.698. The van der Waals surface area contributed by atoms with E-state index in [-0.39, 0.29) is 5.75 Å². The molecule has 0 aliphatic carbocycles. The number of rotatable bonds is 6. The molecule has 1 aromatic carbocycles. The Morgan fingerprint density at radius 2 is 2.21 bits per heavy atom. The Balaban J connectivity index is 2.02. The Labute approximate surface area is 113 Å². The van der Waals surface area contributed by atoms with Gasteiger partial charge in [0.2, 0.25) is 0 Å². The van der Waals surface area contributed by atoms with Crippen molar-refractivity contribution in [3.8, 4) is 5.75 Å². The SMILES string of the molecule is CC(CN)CCCNc1nccc2ccc(O)cc12. The fourth-order valence-corrected chi connectivity index (χ4v) is 2.07. The summed E-state index contributed by atoms with van der Waals surface area (Å²) in [5.74, 6) is 1.65. The maximum absolute atomic E-state index is 9.56. The van der Waals surface area contributed by atoms with Crippen LogP contribution in [0.5, 0.6) is 5.75 Å². The molecule has 0 radical (unpaired) electrons. The molecule has 4 heteroatoms. The maximum atomic E-state index is 9.56. The standard InChI is InChI=1S/C15H21N3O/c1-11(10-16)3-2-7-17-15-14-9-13(19)5-4-12(14)6-8-18-15/h4-6,8-9,11,19H,2-3,7,10,16H2,1H3,(H,17,18). The number of nitrogens with two attached hydrogens (primary N) is 1. The van der Waals surface area contributed by atoms with E-state index in [4.69, 9.17) is 5.73 Å². The van der Waals surface area contributed by atoms with Gasteiger partial charge in [0.1, 0.15) is 11.6 Å². The van der Waals surface area contributed by atoms with Crippen molar-refractivity contribution in [2.24, 2.45) is 11.7 Å². The monoisotopic (exact) mass is 259 g/mol. The average molecular weight is 259 g/mol. The Morgan fingerprint density at radius 1 is 1.37 bits per heavy atom. The molecule has 1 aromatic heterocycles. The molecule has 4 N–H and O–H groups in total. The summed E-state index contributed by atoms with van der Waals surface area (Å²) in [4.78, 5) is 4.34. The predicted molar refractivity (Wildman–Crippen MR) is 79.3 cm³/mol. The van der Waals surface area contributed by atoms with Crippen LogP contribution in [-0.4, -0.2) is 23.2 Å². The number of phenolic OH excluding ortho intramolecular Hbond substituents is 1. The molecule has 0 spiro atoms. The number of nitrogens with zero attached hydrogens (tertiary/aromatic N) is 1. The van der Waals surface area contributed by atoms with E-state index in [1.54, 1.807) is 18.3 Å². The second kappa shape index (κ2) is 6.38. The summed E-state index contributed by atoms with van der Waals surface area (Å²) in [5, 5.41) is 14.9. The van der Waals surface area contributed by atoms with Crippen molar-refractivity contribution in [1.82, 2.24) is 4.98 Å². The Bertz CT molecular complexity index is 542. The third-order valence-electron chi connectivity index (χ3n) is 3.32. The van der Waals surface area contributed by atoms with Gasteiger partial charge < -0.3 is 16.2 Å². The highest BCUT2D eigenvalue weighted by Crippen LogP contribution is 2.25. The van der Waals surface area contributed by atoms with Gasteiger partial charge in [0.15, 0.2) is 0 Å². The molecule has 0 fully saturated rings. The van der Waals surface area contributed by atoms with Crippen LogP contribution in [0.25, 0.3) is 10.8 Å². The first-order chi connectivity index (χ1) is 9.20. The van der Waals surface area contributed by atoms with Gasteiger partial charge in [0.25, 0.3) is 0 Å². The van der Waals surface area contributed by atoms with Crippen molar-refractivity contribution in [1.29, 1.82) is 0 Å². The number of aromatic nitrogens is 1. The number of fused-ring (bicyclic) bond motifs is 1. The first-order valence-electron chi connectivity index (χ1n) is 6.72. The highest BCUT2D eigenvalue weighted by Gasteiger charge is 2.03. The van der Waals surface area contributed by atoms with Crippen LogP contribution in [0, 0.1) is 5.92 Å². The number of pyridine rings is 1. The van der Waals surface area contributed by atoms with Crippen molar-refractivity contribution < 1.29 is 5.11 Å². The summed E-state index contributed by atoms with van der Waals surface area (Å²) < 4.78 is 0. The Morgan fingerprint density at radius 3 is 3.00 bits per heavy atom. The van der Waals surface area contributed by atoms with Crippen molar-refractivity contribution in [3.05, 3.63) is 30.5 Å². The zero-order chi connectivity index (χ0) is 13.7. The van der Waals surface area contributed by atoms with Gasteiger partial charge in [-0.1, -0.05) is 13.0 Å². The molecule has 0 amide bonds. The van der Waals surface area contributed by atoms with Gasteiger partial charge >= 0.3 is 0 Å². The van der Waals surface area contributed by atoms with Gasteiger partial charge in [-0.2, -0.15) is 0 Å². The highest BCUT2D eigenvalue weighted by molar-refractivity contribution is 5.92. The van der Waals surface area contributed by atoms with E-state index in [1.165, 1.54) is 0 Å². The van der Waals surface area contributed by atoms with E-state index in [0.29, 0.717) is 5.92 Å². The van der Waals surface area contributed by atoms with Crippen molar-refractivity contribution in [2.75, 3.05) is 18.4 Å². The summed E-state index contributed by atoms with van der Waals surface area (Å²) in [6.45, 7) is 3.76.